The molecule has 3 nitrogen and oxygen atoms in total. The fraction of sp³-hybridized carbons (Fsp3) is 0. The molecule has 0 spiro atoms. The number of aromatic nitrogens is 3. The van der Waals surface area contributed by atoms with Crippen molar-refractivity contribution in [3.8, 4) is 56.4 Å². The van der Waals surface area contributed by atoms with Crippen LogP contribution in [0.15, 0.2) is 176 Å². The number of fused-ring (bicyclic) bond motifs is 6. The van der Waals surface area contributed by atoms with Gasteiger partial charge in [0.2, 0.25) is 0 Å². The minimum Gasteiger partial charge on any atom is -0.208 e. The van der Waals surface area contributed by atoms with Crippen LogP contribution in [-0.2, 0) is 0 Å². The van der Waals surface area contributed by atoms with Crippen LogP contribution in [0, 0.1) is 0 Å². The predicted molar refractivity (Wildman–Crippen MR) is 215 cm³/mol. The van der Waals surface area contributed by atoms with Gasteiger partial charge in [0, 0.05) is 42.4 Å². The highest BCUT2D eigenvalue weighted by Gasteiger charge is 2.20. The Morgan fingerprint density at radius 2 is 1.06 bits per heavy atom. The maximum atomic E-state index is 8.96. The van der Waals surface area contributed by atoms with E-state index in [-0.39, 0.29) is 29.7 Å². The van der Waals surface area contributed by atoms with Gasteiger partial charge in [-0.15, -0.1) is 11.3 Å². The molecule has 0 atom stereocenters. The summed E-state index contributed by atoms with van der Waals surface area (Å²) >= 11 is 1.53. The van der Waals surface area contributed by atoms with Crippen molar-refractivity contribution in [3.63, 3.8) is 0 Å². The normalized spacial score (nSPS) is 12.9. The maximum absolute atomic E-state index is 8.96. The molecule has 0 unspecified atom stereocenters. The SMILES string of the molecule is [2H]c1c([2H])c([2H])c(-c2cc(-c3ccccc3)cc3c2sc2cccc(-c4nc(-c5ccccc5)nc(-c5cc6ccccc6c6ccccc56)n4)c23)c([2H])c1[2H]. The Labute approximate surface area is 306 Å². The largest absolute Gasteiger partial charge is 0.208 e. The molecule has 0 bridgehead atoms. The van der Waals surface area contributed by atoms with Gasteiger partial charge in [-0.3, -0.25) is 0 Å². The second-order valence-corrected chi connectivity index (χ2v) is 13.5. The molecule has 0 radical (unpaired) electrons. The second kappa shape index (κ2) is 12.1. The Balaban J connectivity index is 1.30. The number of nitrogens with zero attached hydrogens (tertiary/aromatic N) is 3. The van der Waals surface area contributed by atoms with Gasteiger partial charge in [0.1, 0.15) is 0 Å². The molecule has 51 heavy (non-hydrogen) atoms. The van der Waals surface area contributed by atoms with Crippen molar-refractivity contribution < 1.29 is 6.85 Å². The van der Waals surface area contributed by atoms with Crippen LogP contribution in [0.3, 0.4) is 0 Å². The van der Waals surface area contributed by atoms with Gasteiger partial charge in [-0.1, -0.05) is 152 Å². The van der Waals surface area contributed by atoms with E-state index in [4.69, 9.17) is 21.8 Å². The van der Waals surface area contributed by atoms with Crippen LogP contribution in [0.5, 0.6) is 0 Å². The average molecular weight is 673 g/mol. The van der Waals surface area contributed by atoms with Crippen molar-refractivity contribution in [2.75, 3.05) is 0 Å². The quantitative estimate of drug-likeness (QED) is 0.171. The predicted octanol–water partition coefficient (Wildman–Crippen LogP) is 12.9. The maximum Gasteiger partial charge on any atom is 0.164 e. The first-order valence-electron chi connectivity index (χ1n) is 19.2. The molecule has 0 amide bonds. The van der Waals surface area contributed by atoms with Gasteiger partial charge in [0.15, 0.2) is 17.5 Å². The molecule has 10 aromatic rings. The zero-order chi connectivity index (χ0) is 38.1. The monoisotopic (exact) mass is 672 g/mol. The highest BCUT2D eigenvalue weighted by molar-refractivity contribution is 7.26. The second-order valence-electron chi connectivity index (χ2n) is 12.4. The third-order valence-corrected chi connectivity index (χ3v) is 10.6. The molecule has 0 aliphatic heterocycles. The van der Waals surface area contributed by atoms with Crippen LogP contribution in [0.2, 0.25) is 0 Å². The first-order valence-corrected chi connectivity index (χ1v) is 17.5. The Morgan fingerprint density at radius 3 is 1.84 bits per heavy atom. The van der Waals surface area contributed by atoms with Crippen LogP contribution >= 0.6 is 11.3 Å². The van der Waals surface area contributed by atoms with Crippen LogP contribution < -0.4 is 0 Å². The molecule has 4 heteroatoms. The van der Waals surface area contributed by atoms with E-state index in [0.717, 1.165) is 69.5 Å². The highest BCUT2D eigenvalue weighted by Crippen LogP contribution is 2.46. The van der Waals surface area contributed by atoms with E-state index in [1.54, 1.807) is 0 Å². The smallest absolute Gasteiger partial charge is 0.164 e. The summed E-state index contributed by atoms with van der Waals surface area (Å²) in [6.45, 7) is 0. The lowest BCUT2D eigenvalue weighted by Crippen LogP contribution is -2.01. The van der Waals surface area contributed by atoms with E-state index in [1.807, 2.05) is 91.0 Å². The first kappa shape index (κ1) is 24.6. The zero-order valence-electron chi connectivity index (χ0n) is 32.1. The Bertz CT molecular complexity index is 3170. The summed E-state index contributed by atoms with van der Waals surface area (Å²) in [6.07, 6.45) is 0. The fourth-order valence-electron chi connectivity index (χ4n) is 7.05. The lowest BCUT2D eigenvalue weighted by atomic mass is 9.95. The summed E-state index contributed by atoms with van der Waals surface area (Å²) in [5.41, 5.74) is 5.11. The third-order valence-electron chi connectivity index (χ3n) is 9.39. The van der Waals surface area contributed by atoms with Crippen molar-refractivity contribution in [2.45, 2.75) is 0 Å². The average Bonchev–Trinajstić information content (AvgIpc) is 3.64. The molecule has 10 rings (SSSR count). The molecule has 0 fully saturated rings. The molecule has 0 N–H and O–H groups in total. The molecule has 0 saturated carbocycles. The van der Waals surface area contributed by atoms with Crippen molar-refractivity contribution in [2.24, 2.45) is 0 Å². The van der Waals surface area contributed by atoms with Gasteiger partial charge in [0.05, 0.1) is 6.85 Å². The number of thiophene rings is 1. The lowest BCUT2D eigenvalue weighted by Gasteiger charge is -2.13. The fourth-order valence-corrected chi connectivity index (χ4v) is 8.29. The molecule has 0 aliphatic rings. The standard InChI is InChI=1S/C47H29N3S/c1-4-15-30(16-5-1)34-28-39(31-17-6-2-7-18-31)44-41(29-34)43-38(25-14-26-42(43)51-44)46-48-45(32-19-8-3-9-20-32)49-47(50-46)40-27-33-21-10-11-22-35(33)36-23-12-13-24-37(36)40/h1-29H/i2D,6D,7D,17D,18D. The van der Waals surface area contributed by atoms with E-state index in [1.165, 1.54) is 11.3 Å². The van der Waals surface area contributed by atoms with Crippen molar-refractivity contribution in [1.29, 1.82) is 0 Å². The van der Waals surface area contributed by atoms with Crippen molar-refractivity contribution in [1.82, 2.24) is 15.0 Å². The van der Waals surface area contributed by atoms with Crippen LogP contribution in [0.4, 0.5) is 0 Å². The van der Waals surface area contributed by atoms with Gasteiger partial charge in [-0.2, -0.15) is 0 Å². The minimum atomic E-state index is -0.420. The Kier molecular flexibility index (Phi) is 5.85. The molecule has 2 aromatic heterocycles. The van der Waals surface area contributed by atoms with E-state index in [2.05, 4.69) is 54.6 Å². The molecular weight excluding hydrogens is 639 g/mol. The number of hydrogen-bond acceptors (Lipinski definition) is 4. The van der Waals surface area contributed by atoms with Gasteiger partial charge >= 0.3 is 0 Å². The Morgan fingerprint density at radius 1 is 0.412 bits per heavy atom. The van der Waals surface area contributed by atoms with Crippen LogP contribution in [0.1, 0.15) is 6.85 Å². The lowest BCUT2D eigenvalue weighted by molar-refractivity contribution is 1.08. The van der Waals surface area contributed by atoms with E-state index < -0.39 is 6.04 Å². The van der Waals surface area contributed by atoms with Gasteiger partial charge in [-0.05, 0) is 62.5 Å². The molecule has 2 heterocycles. The molecule has 0 saturated heterocycles. The summed E-state index contributed by atoms with van der Waals surface area (Å²) in [4.78, 5) is 15.5. The van der Waals surface area contributed by atoms with Crippen molar-refractivity contribution >= 4 is 53.1 Å². The van der Waals surface area contributed by atoms with E-state index in [0.29, 0.717) is 23.0 Å². The molecule has 0 aliphatic carbocycles. The summed E-state index contributed by atoms with van der Waals surface area (Å²) in [7, 11) is 0. The summed E-state index contributed by atoms with van der Waals surface area (Å²) in [6, 6.07) is 47.2. The number of benzene rings is 8. The summed E-state index contributed by atoms with van der Waals surface area (Å²) in [5, 5.41) is 6.19. The van der Waals surface area contributed by atoms with Gasteiger partial charge in [0.25, 0.3) is 0 Å². The number of rotatable bonds is 5. The van der Waals surface area contributed by atoms with E-state index in [9.17, 15) is 0 Å². The molecular formula is C47H29N3S. The van der Waals surface area contributed by atoms with Gasteiger partial charge in [-0.25, -0.2) is 15.0 Å². The Hall–Kier alpha value is -6.49. The molecule has 8 aromatic carbocycles. The molecule has 238 valence electrons. The van der Waals surface area contributed by atoms with Crippen LogP contribution in [0.25, 0.3) is 98.1 Å². The minimum absolute atomic E-state index is 0.170. The summed E-state index contributed by atoms with van der Waals surface area (Å²) in [5.74, 6) is 1.60. The van der Waals surface area contributed by atoms with Crippen LogP contribution in [-0.4, -0.2) is 15.0 Å². The summed E-state index contributed by atoms with van der Waals surface area (Å²) < 4.78 is 45.0. The zero-order valence-corrected chi connectivity index (χ0v) is 27.9. The third kappa shape index (κ3) is 5.08. The van der Waals surface area contributed by atoms with Gasteiger partial charge < -0.3 is 0 Å². The topological polar surface area (TPSA) is 38.7 Å². The van der Waals surface area contributed by atoms with Crippen molar-refractivity contribution in [3.05, 3.63) is 176 Å². The first-order chi connectivity index (χ1) is 27.4. The highest BCUT2D eigenvalue weighted by atomic mass is 32.1. The number of hydrogen-bond donors (Lipinski definition) is 0. The van der Waals surface area contributed by atoms with E-state index >= 15 is 0 Å².